The van der Waals surface area contributed by atoms with Gasteiger partial charge in [-0.3, -0.25) is 4.98 Å². The maximum Gasteiger partial charge on any atom is 0.416 e. The SMILES string of the molecule is CN(c1ccc(Oc2ncc3ccncc3n2)cc1)c1ccc(C(F)(F)F)cc1. The molecule has 2 heterocycles. The predicted molar refractivity (Wildman–Crippen MR) is 103 cm³/mol. The largest absolute Gasteiger partial charge is 0.424 e. The summed E-state index contributed by atoms with van der Waals surface area (Å²) in [6.07, 6.45) is 0.604. The zero-order valence-electron chi connectivity index (χ0n) is 15.3. The van der Waals surface area contributed by atoms with Gasteiger partial charge in [0.05, 0.1) is 17.3 Å². The van der Waals surface area contributed by atoms with Crippen molar-refractivity contribution in [1.29, 1.82) is 0 Å². The summed E-state index contributed by atoms with van der Waals surface area (Å²) in [5.41, 5.74) is 1.43. The minimum Gasteiger partial charge on any atom is -0.424 e. The number of alkyl halides is 3. The number of nitrogens with zero attached hydrogens (tertiary/aromatic N) is 4. The van der Waals surface area contributed by atoms with E-state index in [9.17, 15) is 13.2 Å². The fourth-order valence-electron chi connectivity index (χ4n) is 2.77. The van der Waals surface area contributed by atoms with E-state index >= 15 is 0 Å². The zero-order valence-corrected chi connectivity index (χ0v) is 15.3. The number of anilines is 2. The fourth-order valence-corrected chi connectivity index (χ4v) is 2.77. The van der Waals surface area contributed by atoms with Gasteiger partial charge in [0.15, 0.2) is 0 Å². The first kappa shape index (κ1) is 18.7. The molecule has 0 fully saturated rings. The second-order valence-electron chi connectivity index (χ2n) is 6.29. The van der Waals surface area contributed by atoms with Gasteiger partial charge < -0.3 is 9.64 Å². The molecule has 4 aromatic rings. The van der Waals surface area contributed by atoms with E-state index < -0.39 is 11.7 Å². The highest BCUT2D eigenvalue weighted by Gasteiger charge is 2.30. The first-order chi connectivity index (χ1) is 13.9. The molecule has 0 aliphatic carbocycles. The molecular formula is C21H15F3N4O. The molecule has 2 aromatic carbocycles. The van der Waals surface area contributed by atoms with Gasteiger partial charge in [-0.1, -0.05) is 0 Å². The Labute approximate surface area is 164 Å². The van der Waals surface area contributed by atoms with E-state index in [1.807, 2.05) is 6.07 Å². The molecule has 0 spiro atoms. The molecular weight excluding hydrogens is 381 g/mol. The Kier molecular flexibility index (Phi) is 4.75. The molecule has 0 radical (unpaired) electrons. The zero-order chi connectivity index (χ0) is 20.4. The number of hydrogen-bond donors (Lipinski definition) is 0. The Morgan fingerprint density at radius 3 is 2.17 bits per heavy atom. The first-order valence-electron chi connectivity index (χ1n) is 8.66. The van der Waals surface area contributed by atoms with E-state index in [0.717, 1.165) is 23.2 Å². The van der Waals surface area contributed by atoms with Gasteiger partial charge >= 0.3 is 12.2 Å². The quantitative estimate of drug-likeness (QED) is 0.449. The van der Waals surface area contributed by atoms with Gasteiger partial charge in [-0.05, 0) is 54.6 Å². The second kappa shape index (κ2) is 7.38. The van der Waals surface area contributed by atoms with Crippen LogP contribution in [0.1, 0.15) is 5.56 Å². The van der Waals surface area contributed by atoms with Gasteiger partial charge in [0.25, 0.3) is 0 Å². The van der Waals surface area contributed by atoms with Crippen LogP contribution in [0.3, 0.4) is 0 Å². The molecule has 0 unspecified atom stereocenters. The molecule has 0 saturated carbocycles. The Balaban J connectivity index is 1.49. The normalized spacial score (nSPS) is 11.4. The van der Waals surface area contributed by atoms with Gasteiger partial charge in [-0.25, -0.2) is 4.98 Å². The number of rotatable bonds is 4. The van der Waals surface area contributed by atoms with E-state index in [-0.39, 0.29) is 6.01 Å². The van der Waals surface area contributed by atoms with Gasteiger partial charge in [-0.15, -0.1) is 0 Å². The lowest BCUT2D eigenvalue weighted by Gasteiger charge is -2.20. The summed E-state index contributed by atoms with van der Waals surface area (Å²) >= 11 is 0. The van der Waals surface area contributed by atoms with E-state index in [0.29, 0.717) is 17.0 Å². The summed E-state index contributed by atoms with van der Waals surface area (Å²) in [5, 5.41) is 0.862. The van der Waals surface area contributed by atoms with Crippen molar-refractivity contribution in [3.63, 3.8) is 0 Å². The maximum atomic E-state index is 12.7. The Hall–Kier alpha value is -3.68. The molecule has 2 aromatic heterocycles. The highest BCUT2D eigenvalue weighted by atomic mass is 19.4. The number of hydrogen-bond acceptors (Lipinski definition) is 5. The molecule has 0 bridgehead atoms. The lowest BCUT2D eigenvalue weighted by molar-refractivity contribution is -0.137. The third-order valence-corrected chi connectivity index (χ3v) is 4.38. The predicted octanol–water partition coefficient (Wildman–Crippen LogP) is 5.60. The molecule has 0 N–H and O–H groups in total. The average molecular weight is 396 g/mol. The topological polar surface area (TPSA) is 51.1 Å². The van der Waals surface area contributed by atoms with Crippen LogP contribution < -0.4 is 9.64 Å². The van der Waals surface area contributed by atoms with Gasteiger partial charge in [-0.2, -0.15) is 18.2 Å². The van der Waals surface area contributed by atoms with E-state index in [1.54, 1.807) is 54.8 Å². The molecule has 4 rings (SSSR count). The van der Waals surface area contributed by atoms with Crippen molar-refractivity contribution in [3.05, 3.63) is 78.8 Å². The molecule has 0 amide bonds. The van der Waals surface area contributed by atoms with E-state index in [2.05, 4.69) is 15.0 Å². The van der Waals surface area contributed by atoms with Crippen LogP contribution in [0.4, 0.5) is 24.5 Å². The Bertz CT molecular complexity index is 1130. The van der Waals surface area contributed by atoms with Gasteiger partial charge in [0.2, 0.25) is 0 Å². The van der Waals surface area contributed by atoms with Crippen molar-refractivity contribution in [2.75, 3.05) is 11.9 Å². The smallest absolute Gasteiger partial charge is 0.416 e. The number of halogens is 3. The van der Waals surface area contributed by atoms with Crippen molar-refractivity contribution in [3.8, 4) is 11.8 Å². The van der Waals surface area contributed by atoms with Crippen LogP contribution in [0.15, 0.2) is 73.2 Å². The summed E-state index contributed by atoms with van der Waals surface area (Å²) in [6, 6.07) is 14.1. The van der Waals surface area contributed by atoms with Crippen LogP contribution in [0.2, 0.25) is 0 Å². The van der Waals surface area contributed by atoms with E-state index in [1.165, 1.54) is 12.1 Å². The minimum atomic E-state index is -4.35. The molecule has 29 heavy (non-hydrogen) atoms. The van der Waals surface area contributed by atoms with Crippen LogP contribution in [-0.4, -0.2) is 22.0 Å². The lowest BCUT2D eigenvalue weighted by Crippen LogP contribution is -2.10. The summed E-state index contributed by atoms with van der Waals surface area (Å²) in [5.74, 6) is 0.540. The Morgan fingerprint density at radius 1 is 0.862 bits per heavy atom. The number of pyridine rings is 1. The van der Waals surface area contributed by atoms with E-state index in [4.69, 9.17) is 4.74 Å². The highest BCUT2D eigenvalue weighted by molar-refractivity contribution is 5.76. The molecule has 0 aliphatic rings. The number of benzene rings is 2. The Morgan fingerprint density at radius 2 is 1.52 bits per heavy atom. The van der Waals surface area contributed by atoms with Crippen molar-refractivity contribution < 1.29 is 17.9 Å². The highest BCUT2D eigenvalue weighted by Crippen LogP contribution is 2.32. The number of fused-ring (bicyclic) bond motifs is 1. The summed E-state index contributed by atoms with van der Waals surface area (Å²) in [6.45, 7) is 0. The van der Waals surface area contributed by atoms with Crippen molar-refractivity contribution in [1.82, 2.24) is 15.0 Å². The maximum absolute atomic E-state index is 12.7. The van der Waals surface area contributed by atoms with Gasteiger partial charge in [0, 0.05) is 36.2 Å². The number of ether oxygens (including phenoxy) is 1. The molecule has 8 heteroatoms. The molecule has 5 nitrogen and oxygen atoms in total. The molecule has 0 saturated heterocycles. The van der Waals surface area contributed by atoms with Gasteiger partial charge in [0.1, 0.15) is 5.75 Å². The van der Waals surface area contributed by atoms with Crippen molar-refractivity contribution in [2.24, 2.45) is 0 Å². The molecule has 0 aliphatic heterocycles. The summed E-state index contributed by atoms with van der Waals surface area (Å²) in [7, 11) is 1.78. The number of aromatic nitrogens is 3. The molecule has 0 atom stereocenters. The monoisotopic (exact) mass is 396 g/mol. The van der Waals surface area contributed by atoms with Crippen LogP contribution >= 0.6 is 0 Å². The van der Waals surface area contributed by atoms with Crippen molar-refractivity contribution >= 4 is 22.3 Å². The summed E-state index contributed by atoms with van der Waals surface area (Å²) < 4.78 is 43.8. The third-order valence-electron chi connectivity index (χ3n) is 4.38. The lowest BCUT2D eigenvalue weighted by atomic mass is 10.2. The fraction of sp³-hybridized carbons (Fsp3) is 0.0952. The van der Waals surface area contributed by atoms with Crippen LogP contribution in [0.5, 0.6) is 11.8 Å². The second-order valence-corrected chi connectivity index (χ2v) is 6.29. The van der Waals surface area contributed by atoms with Crippen molar-refractivity contribution in [2.45, 2.75) is 6.18 Å². The van der Waals surface area contributed by atoms with Crippen LogP contribution in [0, 0.1) is 0 Å². The van der Waals surface area contributed by atoms with Crippen LogP contribution in [0.25, 0.3) is 10.9 Å². The van der Waals surface area contributed by atoms with Crippen LogP contribution in [-0.2, 0) is 6.18 Å². The standard InChI is InChI=1S/C21H15F3N4O/c1-28(16-4-2-15(3-5-16)21(22,23)24)17-6-8-18(9-7-17)29-20-26-12-14-10-11-25-13-19(14)27-20/h2-13H,1H3. The first-order valence-corrected chi connectivity index (χ1v) is 8.66. The third kappa shape index (κ3) is 4.11. The summed E-state index contributed by atoms with van der Waals surface area (Å²) in [4.78, 5) is 14.3. The average Bonchev–Trinajstić information content (AvgIpc) is 2.73. The molecule has 146 valence electrons. The minimum absolute atomic E-state index is 0.203.